The molecule has 0 spiro atoms. The topological polar surface area (TPSA) is 159 Å². The van der Waals surface area contributed by atoms with E-state index < -0.39 is 83.2 Å². The summed E-state index contributed by atoms with van der Waals surface area (Å²) >= 11 is 0. The van der Waals surface area contributed by atoms with Gasteiger partial charge in [-0.3, -0.25) is 38.9 Å². The summed E-state index contributed by atoms with van der Waals surface area (Å²) in [6, 6.07) is 10.5. The van der Waals surface area contributed by atoms with E-state index in [4.69, 9.17) is 14.5 Å². The third-order valence-electron chi connectivity index (χ3n) is 15.6. The van der Waals surface area contributed by atoms with Crippen molar-refractivity contribution in [2.45, 2.75) is 142 Å². The van der Waals surface area contributed by atoms with Crippen LogP contribution in [-0.2, 0) is 52.8 Å². The quantitative estimate of drug-likeness (QED) is 0.113. The number of halogens is 3. The number of fused-ring (bicyclic) bond motifs is 6. The van der Waals surface area contributed by atoms with Crippen molar-refractivity contribution in [2.24, 2.45) is 11.3 Å². The molecule has 6 bridgehead atoms. The molecule has 2 aromatic heterocycles. The zero-order valence-corrected chi connectivity index (χ0v) is 45.5. The van der Waals surface area contributed by atoms with E-state index in [1.54, 1.807) is 33.2 Å². The van der Waals surface area contributed by atoms with Crippen molar-refractivity contribution in [3.05, 3.63) is 77.1 Å². The number of carbonyl (C=O) groups is 5. The van der Waals surface area contributed by atoms with Crippen molar-refractivity contribution in [1.82, 2.24) is 40.0 Å². The molecule has 408 valence electrons. The van der Waals surface area contributed by atoms with E-state index >= 15 is 13.2 Å². The van der Waals surface area contributed by atoms with Crippen LogP contribution in [0.4, 0.5) is 13.2 Å². The fourth-order valence-corrected chi connectivity index (χ4v) is 11.2. The lowest BCUT2D eigenvalue weighted by Crippen LogP contribution is -2.62. The van der Waals surface area contributed by atoms with E-state index in [-0.39, 0.29) is 44.2 Å². The highest BCUT2D eigenvalue weighted by Gasteiger charge is 2.50. The number of ether oxygens (including phenoxy) is 2. The lowest BCUT2D eigenvalue weighted by atomic mass is 9.84. The summed E-state index contributed by atoms with van der Waals surface area (Å²) in [7, 11) is 2.95. The van der Waals surface area contributed by atoms with Gasteiger partial charge < -0.3 is 29.2 Å². The number of amides is 4. The lowest BCUT2D eigenvalue weighted by molar-refractivity contribution is -0.155. The van der Waals surface area contributed by atoms with Crippen molar-refractivity contribution in [3.8, 4) is 34.2 Å². The van der Waals surface area contributed by atoms with Crippen LogP contribution in [0.25, 0.3) is 33.3 Å². The Balaban J connectivity index is 1.16. The summed E-state index contributed by atoms with van der Waals surface area (Å²) in [5.74, 6) is 1.43. The average molecular weight is 1050 g/mol. The number of hydrazine groups is 1. The summed E-state index contributed by atoms with van der Waals surface area (Å²) in [4.78, 5) is 80.2. The molecule has 5 atom stereocenters. The SMILES string of the molecule is CCn1c(-c2cccnc2[C@H](C)OC)c2c3cc(ccc31)-c1cc(cc(C(F)F)c1)C[C@H](NC(=O)[C@H](C(C)C)N(C)C(=O)[C@@]1(F)CCN(C(=O)C#CC(C)(C)N3CCC3)C1)C(=O)N1CCC[C@H](N1)C(=O)OCC(C)(C)C2. The van der Waals surface area contributed by atoms with E-state index in [0.717, 1.165) is 57.8 Å². The molecule has 0 aliphatic carbocycles. The molecule has 0 saturated carbocycles. The van der Waals surface area contributed by atoms with Crippen molar-refractivity contribution in [2.75, 3.05) is 53.5 Å². The maximum absolute atomic E-state index is 16.9. The molecule has 18 heteroatoms. The van der Waals surface area contributed by atoms with Crippen molar-refractivity contribution in [3.63, 3.8) is 0 Å². The second-order valence-electron chi connectivity index (χ2n) is 22.6. The summed E-state index contributed by atoms with van der Waals surface area (Å²) in [5, 5.41) is 4.96. The van der Waals surface area contributed by atoms with E-state index in [0.29, 0.717) is 42.5 Å². The van der Waals surface area contributed by atoms with Crippen LogP contribution in [-0.4, -0.2) is 142 Å². The first-order valence-corrected chi connectivity index (χ1v) is 26.6. The summed E-state index contributed by atoms with van der Waals surface area (Å²) < 4.78 is 61.1. The first kappa shape index (κ1) is 55.9. The van der Waals surface area contributed by atoms with Crippen LogP contribution in [0.5, 0.6) is 0 Å². The normalized spacial score (nSPS) is 22.1. The fraction of sp³-hybridized carbons (Fsp3) is 0.552. The Morgan fingerprint density at radius 2 is 1.78 bits per heavy atom. The number of benzene rings is 2. The number of aryl methyl sites for hydroxylation is 1. The summed E-state index contributed by atoms with van der Waals surface area (Å²) in [6.45, 7) is 17.1. The third-order valence-corrected chi connectivity index (χ3v) is 15.6. The Morgan fingerprint density at radius 3 is 2.45 bits per heavy atom. The average Bonchev–Trinajstić information content (AvgIpc) is 3.94. The predicted molar refractivity (Wildman–Crippen MR) is 283 cm³/mol. The first-order chi connectivity index (χ1) is 35.9. The number of methoxy groups -OCH3 is 1. The number of hydrogen-bond acceptors (Lipinski definition) is 10. The number of alkyl halides is 3. The number of hydrogen-bond donors (Lipinski definition) is 2. The zero-order chi connectivity index (χ0) is 55.0. The smallest absolute Gasteiger partial charge is 0.324 e. The van der Waals surface area contributed by atoms with Crippen LogP contribution in [0, 0.1) is 23.2 Å². The highest BCUT2D eigenvalue weighted by Crippen LogP contribution is 2.42. The lowest BCUT2D eigenvalue weighted by Gasteiger charge is -2.41. The molecule has 6 heterocycles. The Kier molecular flexibility index (Phi) is 16.5. The van der Waals surface area contributed by atoms with E-state index in [9.17, 15) is 24.0 Å². The number of nitrogens with one attached hydrogen (secondary N) is 2. The number of likely N-dealkylation sites (N-methyl/N-ethyl adjacent to an activating group) is 1. The van der Waals surface area contributed by atoms with Gasteiger partial charge in [0.25, 0.3) is 24.1 Å². The minimum Gasteiger partial charge on any atom is -0.464 e. The van der Waals surface area contributed by atoms with Gasteiger partial charge in [0.1, 0.15) is 18.1 Å². The molecule has 4 amide bonds. The van der Waals surface area contributed by atoms with Gasteiger partial charge >= 0.3 is 5.97 Å². The maximum Gasteiger partial charge on any atom is 0.324 e. The van der Waals surface area contributed by atoms with Gasteiger partial charge in [-0.05, 0) is 118 Å². The van der Waals surface area contributed by atoms with Crippen molar-refractivity contribution < 1.29 is 46.6 Å². The number of carbonyl (C=O) groups excluding carboxylic acids is 5. The van der Waals surface area contributed by atoms with Crippen LogP contribution >= 0.6 is 0 Å². The van der Waals surface area contributed by atoms with E-state index in [1.165, 1.54) is 29.1 Å². The predicted octanol–water partition coefficient (Wildman–Crippen LogP) is 7.59. The van der Waals surface area contributed by atoms with Gasteiger partial charge in [0.05, 0.1) is 36.2 Å². The monoisotopic (exact) mass is 1050 g/mol. The molecule has 4 aliphatic rings. The van der Waals surface area contributed by atoms with E-state index in [1.807, 2.05) is 65.0 Å². The molecule has 3 fully saturated rings. The zero-order valence-electron chi connectivity index (χ0n) is 45.5. The van der Waals surface area contributed by atoms with Gasteiger partial charge in [0.2, 0.25) is 11.6 Å². The van der Waals surface area contributed by atoms with Gasteiger partial charge in [0, 0.05) is 93.4 Å². The number of esters is 1. The van der Waals surface area contributed by atoms with Gasteiger partial charge in [-0.15, -0.1) is 0 Å². The molecule has 76 heavy (non-hydrogen) atoms. The van der Waals surface area contributed by atoms with E-state index in [2.05, 4.69) is 39.0 Å². The van der Waals surface area contributed by atoms with Crippen molar-refractivity contribution in [1.29, 1.82) is 0 Å². The molecular weight excluding hydrogens is 978 g/mol. The second kappa shape index (κ2) is 22.4. The number of likely N-dealkylation sites (tertiary alicyclic amines) is 2. The molecule has 4 aromatic rings. The highest BCUT2D eigenvalue weighted by atomic mass is 19.3. The van der Waals surface area contributed by atoms with Gasteiger partial charge in [-0.25, -0.2) is 18.6 Å². The van der Waals surface area contributed by atoms with Gasteiger partial charge in [-0.2, -0.15) is 0 Å². The van der Waals surface area contributed by atoms with Gasteiger partial charge in [-0.1, -0.05) is 51.8 Å². The molecule has 4 aliphatic heterocycles. The highest BCUT2D eigenvalue weighted by molar-refractivity contribution is 5.98. The summed E-state index contributed by atoms with van der Waals surface area (Å²) in [5.41, 5.74) is 4.78. The molecular formula is C58H73F3N8O7. The van der Waals surface area contributed by atoms with Crippen LogP contribution < -0.4 is 10.7 Å². The molecule has 2 N–H and O–H groups in total. The number of cyclic esters (lactones) is 1. The molecule has 0 radical (unpaired) electrons. The largest absolute Gasteiger partial charge is 0.464 e. The molecule has 8 rings (SSSR count). The molecule has 0 unspecified atom stereocenters. The van der Waals surface area contributed by atoms with Crippen LogP contribution in [0.2, 0.25) is 0 Å². The summed E-state index contributed by atoms with van der Waals surface area (Å²) in [6.07, 6.45) is 0.123. The van der Waals surface area contributed by atoms with Crippen LogP contribution in [0.3, 0.4) is 0 Å². The Bertz CT molecular complexity index is 2940. The molecule has 15 nitrogen and oxygen atoms in total. The molecule has 3 saturated heterocycles. The van der Waals surface area contributed by atoms with Gasteiger partial charge in [0.15, 0.2) is 0 Å². The second-order valence-corrected chi connectivity index (χ2v) is 22.6. The standard InChI is InChI=1S/C58H73F3N8O7/c1-11-68-46-18-17-38-31-42(46)43(50(68)41-15-12-22-62-48(41)36(4)75-10)32-56(5,6)34-76-54(73)44-16-13-25-69(64-44)53(72)45(29-37-27-39(38)30-40(28-37)51(59)60)63-52(71)49(35(2)3)65(9)55(74)58(61)21-26-66(33-58)47(70)19-20-57(7,8)67-23-14-24-67/h12,15,17-18,22,27-28,30-31,35-36,44-45,49,51,64H,11,13-14,16,21,23-26,29,32-34H2,1-10H3,(H,63,71)/t36-,44-,45-,49-,58+/m0/s1. The molecule has 2 aromatic carbocycles. The Hall–Kier alpha value is -6.29. The third kappa shape index (κ3) is 11.5. The fourth-order valence-electron chi connectivity index (χ4n) is 11.2. The van der Waals surface area contributed by atoms with Crippen LogP contribution in [0.15, 0.2) is 54.7 Å². The number of nitrogens with zero attached hydrogens (tertiary/aromatic N) is 6. The van der Waals surface area contributed by atoms with Crippen molar-refractivity contribution >= 4 is 40.5 Å². The Morgan fingerprint density at radius 1 is 1.03 bits per heavy atom. The van der Waals surface area contributed by atoms with Crippen LogP contribution in [0.1, 0.15) is 116 Å². The number of rotatable bonds is 11. The Labute approximate surface area is 444 Å². The minimum absolute atomic E-state index is 0.0192. The maximum atomic E-state index is 16.9. The number of pyridine rings is 1. The number of aromatic nitrogens is 2. The minimum atomic E-state index is -2.90. The first-order valence-electron chi connectivity index (χ1n) is 26.6.